The first-order chi connectivity index (χ1) is 19.5. The second-order valence-corrected chi connectivity index (χ2v) is 11.0. The summed E-state index contributed by atoms with van der Waals surface area (Å²) in [6, 6.07) is 19.9. The summed E-state index contributed by atoms with van der Waals surface area (Å²) in [4.78, 5) is 28.6. The van der Waals surface area contributed by atoms with E-state index in [0.29, 0.717) is 18.5 Å². The standard InChI is InChI=1S/C33H36N2O5/c1-23-3-4-24(20-31(36)33(11-12-33)27-9-10-29-30(21-27)40-22-39-29)19-28(23)25-5-7-26(8-6-25)32(37)34-13-2-14-35-15-17-38-18-16-35/h3-10,19,21H,2,11-18,20,22H2,1H3,(H,34,37). The van der Waals surface area contributed by atoms with Crippen molar-refractivity contribution in [3.05, 3.63) is 82.9 Å². The predicted octanol–water partition coefficient (Wildman–Crippen LogP) is 4.69. The molecule has 0 unspecified atom stereocenters. The van der Waals surface area contributed by atoms with Crippen molar-refractivity contribution in [1.29, 1.82) is 0 Å². The van der Waals surface area contributed by atoms with Crippen molar-refractivity contribution in [1.82, 2.24) is 10.2 Å². The Bertz CT molecular complexity index is 1390. The van der Waals surface area contributed by atoms with Crippen LogP contribution in [-0.4, -0.2) is 62.8 Å². The second-order valence-electron chi connectivity index (χ2n) is 11.0. The van der Waals surface area contributed by atoms with Gasteiger partial charge in [0.25, 0.3) is 5.91 Å². The Morgan fingerprint density at radius 2 is 1.70 bits per heavy atom. The van der Waals surface area contributed by atoms with E-state index in [0.717, 1.165) is 91.4 Å². The van der Waals surface area contributed by atoms with Gasteiger partial charge in [-0.15, -0.1) is 0 Å². The maximum atomic E-state index is 13.5. The van der Waals surface area contributed by atoms with Crippen molar-refractivity contribution in [2.45, 2.75) is 38.0 Å². The highest BCUT2D eigenvalue weighted by molar-refractivity contribution is 5.95. The van der Waals surface area contributed by atoms with Gasteiger partial charge in [-0.2, -0.15) is 0 Å². The second kappa shape index (κ2) is 11.4. The number of benzene rings is 3. The molecule has 3 aliphatic rings. The number of hydrogen-bond donors (Lipinski definition) is 1. The number of nitrogens with one attached hydrogen (secondary N) is 1. The van der Waals surface area contributed by atoms with E-state index in [9.17, 15) is 9.59 Å². The molecule has 0 bridgehead atoms. The van der Waals surface area contributed by atoms with Gasteiger partial charge in [0.05, 0.1) is 18.6 Å². The normalized spacial score (nSPS) is 17.4. The van der Waals surface area contributed by atoms with Crippen molar-refractivity contribution in [3.63, 3.8) is 0 Å². The average molecular weight is 541 g/mol. The molecule has 7 nitrogen and oxygen atoms in total. The Hall–Kier alpha value is -3.68. The number of carbonyl (C=O) groups is 2. The fourth-order valence-corrected chi connectivity index (χ4v) is 5.72. The molecule has 1 amide bonds. The number of hydrogen-bond acceptors (Lipinski definition) is 6. The van der Waals surface area contributed by atoms with Crippen LogP contribution in [0.5, 0.6) is 11.5 Å². The SMILES string of the molecule is Cc1ccc(CC(=O)C2(c3ccc4c(c3)OCO4)CC2)cc1-c1ccc(C(=O)NCCCN2CCOCC2)cc1. The third-order valence-electron chi connectivity index (χ3n) is 8.37. The molecular weight excluding hydrogens is 504 g/mol. The number of nitrogens with zero attached hydrogens (tertiary/aromatic N) is 1. The van der Waals surface area contributed by atoms with Crippen molar-refractivity contribution in [2.75, 3.05) is 46.2 Å². The van der Waals surface area contributed by atoms with Crippen molar-refractivity contribution >= 4 is 11.7 Å². The van der Waals surface area contributed by atoms with Crippen LogP contribution in [0, 0.1) is 6.92 Å². The van der Waals surface area contributed by atoms with Gasteiger partial charge in [-0.25, -0.2) is 0 Å². The Kier molecular flexibility index (Phi) is 7.59. The van der Waals surface area contributed by atoms with Gasteiger partial charge in [-0.1, -0.05) is 36.4 Å². The molecule has 3 aromatic rings. The van der Waals surface area contributed by atoms with Gasteiger partial charge in [0.15, 0.2) is 11.5 Å². The smallest absolute Gasteiger partial charge is 0.251 e. The highest BCUT2D eigenvalue weighted by Gasteiger charge is 2.50. The van der Waals surface area contributed by atoms with E-state index in [2.05, 4.69) is 29.3 Å². The van der Waals surface area contributed by atoms with Crippen LogP contribution in [0.1, 0.15) is 46.3 Å². The van der Waals surface area contributed by atoms with Crippen LogP contribution in [0.3, 0.4) is 0 Å². The lowest BCUT2D eigenvalue weighted by Gasteiger charge is -2.26. The van der Waals surface area contributed by atoms with Crippen LogP contribution in [0.4, 0.5) is 0 Å². The first-order valence-electron chi connectivity index (χ1n) is 14.2. The summed E-state index contributed by atoms with van der Waals surface area (Å²) in [5.74, 6) is 1.64. The molecule has 6 rings (SSSR count). The molecule has 0 aromatic heterocycles. The number of ketones is 1. The fourth-order valence-electron chi connectivity index (χ4n) is 5.72. The fraction of sp³-hybridized carbons (Fsp3) is 0.394. The molecule has 208 valence electrons. The third kappa shape index (κ3) is 5.62. The Labute approximate surface area is 235 Å². The largest absolute Gasteiger partial charge is 0.454 e. The van der Waals surface area contributed by atoms with Crippen LogP contribution >= 0.6 is 0 Å². The van der Waals surface area contributed by atoms with Gasteiger partial charge in [-0.05, 0) is 84.8 Å². The van der Waals surface area contributed by atoms with Crippen LogP contribution in [0.25, 0.3) is 11.1 Å². The molecule has 2 fully saturated rings. The lowest BCUT2D eigenvalue weighted by molar-refractivity contribution is -0.120. The van der Waals surface area contributed by atoms with Crippen molar-refractivity contribution in [3.8, 4) is 22.6 Å². The number of ether oxygens (including phenoxy) is 3. The van der Waals surface area contributed by atoms with E-state index in [-0.39, 0.29) is 18.5 Å². The van der Waals surface area contributed by atoms with Gasteiger partial charge in [0.1, 0.15) is 5.78 Å². The van der Waals surface area contributed by atoms with Gasteiger partial charge in [0, 0.05) is 31.6 Å². The van der Waals surface area contributed by atoms with E-state index >= 15 is 0 Å². The number of amides is 1. The average Bonchev–Trinajstić information content (AvgIpc) is 3.67. The van der Waals surface area contributed by atoms with Gasteiger partial charge < -0.3 is 19.5 Å². The quantitative estimate of drug-likeness (QED) is 0.376. The number of Topliss-reactive ketones (excluding diaryl/α,β-unsaturated/α-hetero) is 1. The maximum absolute atomic E-state index is 13.5. The van der Waals surface area contributed by atoms with Crippen LogP contribution in [0.15, 0.2) is 60.7 Å². The Morgan fingerprint density at radius 1 is 0.925 bits per heavy atom. The number of aryl methyl sites for hydroxylation is 1. The molecule has 0 radical (unpaired) electrons. The summed E-state index contributed by atoms with van der Waals surface area (Å²) < 4.78 is 16.4. The first-order valence-corrected chi connectivity index (χ1v) is 14.2. The Morgan fingerprint density at radius 3 is 2.48 bits per heavy atom. The maximum Gasteiger partial charge on any atom is 0.251 e. The lowest BCUT2D eigenvalue weighted by atomic mass is 9.87. The summed E-state index contributed by atoms with van der Waals surface area (Å²) in [6.07, 6.45) is 3.03. The predicted molar refractivity (Wildman–Crippen MR) is 153 cm³/mol. The Balaban J connectivity index is 1.08. The molecule has 0 spiro atoms. The number of carbonyl (C=O) groups excluding carboxylic acids is 2. The number of fused-ring (bicyclic) bond motifs is 1. The lowest BCUT2D eigenvalue weighted by Crippen LogP contribution is -2.38. The minimum Gasteiger partial charge on any atom is -0.454 e. The molecule has 2 heterocycles. The molecule has 1 N–H and O–H groups in total. The monoisotopic (exact) mass is 540 g/mol. The highest BCUT2D eigenvalue weighted by atomic mass is 16.7. The first kappa shape index (κ1) is 26.5. The zero-order chi connectivity index (χ0) is 27.5. The molecule has 40 heavy (non-hydrogen) atoms. The van der Waals surface area contributed by atoms with E-state index < -0.39 is 5.41 Å². The minimum atomic E-state index is -0.427. The van der Waals surface area contributed by atoms with E-state index in [1.54, 1.807) is 0 Å². The van der Waals surface area contributed by atoms with Gasteiger partial charge >= 0.3 is 0 Å². The summed E-state index contributed by atoms with van der Waals surface area (Å²) >= 11 is 0. The van der Waals surface area contributed by atoms with Crippen LogP contribution in [-0.2, 0) is 21.4 Å². The molecule has 2 aliphatic heterocycles. The summed E-state index contributed by atoms with van der Waals surface area (Å²) in [7, 11) is 0. The van der Waals surface area contributed by atoms with E-state index in [4.69, 9.17) is 14.2 Å². The van der Waals surface area contributed by atoms with E-state index in [1.807, 2.05) is 48.5 Å². The zero-order valence-electron chi connectivity index (χ0n) is 23.0. The molecule has 1 saturated carbocycles. The van der Waals surface area contributed by atoms with Crippen molar-refractivity contribution in [2.24, 2.45) is 0 Å². The summed E-state index contributed by atoms with van der Waals surface area (Å²) in [5.41, 5.74) is 5.49. The molecule has 3 aromatic carbocycles. The number of morpholine rings is 1. The molecule has 7 heteroatoms. The molecule has 1 aliphatic carbocycles. The highest BCUT2D eigenvalue weighted by Crippen LogP contribution is 2.51. The third-order valence-corrected chi connectivity index (χ3v) is 8.37. The molecular formula is C33H36N2O5. The number of rotatable bonds is 10. The van der Waals surface area contributed by atoms with E-state index in [1.165, 1.54) is 0 Å². The molecule has 1 saturated heterocycles. The van der Waals surface area contributed by atoms with Crippen molar-refractivity contribution < 1.29 is 23.8 Å². The van der Waals surface area contributed by atoms with Gasteiger partial charge in [-0.3, -0.25) is 14.5 Å². The zero-order valence-corrected chi connectivity index (χ0v) is 23.0. The summed E-state index contributed by atoms with van der Waals surface area (Å²) in [6.45, 7) is 7.44. The topological polar surface area (TPSA) is 77.1 Å². The summed E-state index contributed by atoms with van der Waals surface area (Å²) in [5, 5.41) is 3.04. The van der Waals surface area contributed by atoms with Gasteiger partial charge in [0.2, 0.25) is 6.79 Å². The van der Waals surface area contributed by atoms with Crippen LogP contribution < -0.4 is 14.8 Å². The molecule has 0 atom stereocenters. The minimum absolute atomic E-state index is 0.0529. The van der Waals surface area contributed by atoms with Crippen LogP contribution in [0.2, 0.25) is 0 Å².